The number of hydrogen-bond acceptors (Lipinski definition) is 5. The number of hydrogen-bond donors (Lipinski definition) is 1. The molecule has 8 heteroatoms. The average molecular weight is 522 g/mol. The lowest BCUT2D eigenvalue weighted by atomic mass is 10.0. The molecule has 0 aliphatic heterocycles. The first-order chi connectivity index (χ1) is 18.9. The van der Waals surface area contributed by atoms with E-state index in [1.165, 1.54) is 12.1 Å². The van der Waals surface area contributed by atoms with Crippen molar-refractivity contribution < 1.29 is 14.0 Å². The summed E-state index contributed by atoms with van der Waals surface area (Å²) in [5.41, 5.74) is 4.55. The number of fused-ring (bicyclic) bond motifs is 2. The normalized spacial score (nSPS) is 14.0. The molecule has 3 heterocycles. The molecule has 6 rings (SSSR count). The number of halogens is 1. The monoisotopic (exact) mass is 521 g/mol. The fraction of sp³-hybridized carbons (Fsp3) is 0.258. The maximum absolute atomic E-state index is 13.6. The van der Waals surface area contributed by atoms with Crippen LogP contribution < -0.4 is 5.32 Å². The second kappa shape index (κ2) is 10.4. The molecule has 5 aromatic rings. The van der Waals surface area contributed by atoms with Gasteiger partial charge < -0.3 is 5.32 Å². The SMILES string of the molecule is C[C@H](NC(=O)c1ccc2ncc(-c3ccn4nc(CCCC(=O)C5CC5)nc4c3)cc2c1)c1cccc(F)c1. The maximum atomic E-state index is 13.6. The fourth-order valence-electron chi connectivity index (χ4n) is 4.81. The van der Waals surface area contributed by atoms with Gasteiger partial charge >= 0.3 is 0 Å². The van der Waals surface area contributed by atoms with Gasteiger partial charge in [0, 0.05) is 47.7 Å². The molecule has 0 bridgehead atoms. The Labute approximate surface area is 225 Å². The van der Waals surface area contributed by atoms with Crippen molar-refractivity contribution in [1.82, 2.24) is 24.9 Å². The van der Waals surface area contributed by atoms with Crippen molar-refractivity contribution in [3.8, 4) is 11.1 Å². The number of rotatable bonds is 9. The van der Waals surface area contributed by atoms with Gasteiger partial charge in [-0.1, -0.05) is 12.1 Å². The van der Waals surface area contributed by atoms with Crippen molar-refractivity contribution in [2.75, 3.05) is 0 Å². The van der Waals surface area contributed by atoms with Gasteiger partial charge in [-0.05, 0) is 85.8 Å². The highest BCUT2D eigenvalue weighted by molar-refractivity contribution is 5.98. The smallest absolute Gasteiger partial charge is 0.251 e. The van der Waals surface area contributed by atoms with Crippen LogP contribution in [0, 0.1) is 11.7 Å². The number of aryl methyl sites for hydroxylation is 1. The highest BCUT2D eigenvalue weighted by Gasteiger charge is 2.28. The molecule has 1 fully saturated rings. The van der Waals surface area contributed by atoms with Crippen molar-refractivity contribution in [1.29, 1.82) is 0 Å². The van der Waals surface area contributed by atoms with Gasteiger partial charge in [-0.3, -0.25) is 14.6 Å². The maximum Gasteiger partial charge on any atom is 0.251 e. The number of carbonyl (C=O) groups is 2. The summed E-state index contributed by atoms with van der Waals surface area (Å²) in [7, 11) is 0. The summed E-state index contributed by atoms with van der Waals surface area (Å²) in [5.74, 6) is 0.822. The van der Waals surface area contributed by atoms with Gasteiger partial charge in [0.2, 0.25) is 0 Å². The molecule has 0 radical (unpaired) electrons. The van der Waals surface area contributed by atoms with Crippen molar-refractivity contribution >= 4 is 28.2 Å². The van der Waals surface area contributed by atoms with E-state index in [0.717, 1.165) is 52.8 Å². The minimum Gasteiger partial charge on any atom is -0.346 e. The number of Topliss-reactive ketones (excluding diaryl/α,β-unsaturated/α-hetero) is 1. The Morgan fingerprint density at radius 3 is 2.77 bits per heavy atom. The van der Waals surface area contributed by atoms with E-state index >= 15 is 0 Å². The van der Waals surface area contributed by atoms with Gasteiger partial charge in [0.25, 0.3) is 5.91 Å². The largest absolute Gasteiger partial charge is 0.346 e. The summed E-state index contributed by atoms with van der Waals surface area (Å²) >= 11 is 0. The van der Waals surface area contributed by atoms with Crippen LogP contribution >= 0.6 is 0 Å². The number of benzene rings is 2. The van der Waals surface area contributed by atoms with Crippen LogP contribution in [0.3, 0.4) is 0 Å². The molecule has 7 nitrogen and oxygen atoms in total. The molecule has 1 aliphatic carbocycles. The standard InChI is InChI=1S/C31H28FN5O2/c1-19(21-4-2-5-26(32)16-21)34-31(39)23-10-11-27-24(14-23)15-25(18-33-27)22-12-13-37-30(17-22)35-29(36-37)7-3-6-28(38)20-8-9-20/h2,4-5,10-20H,3,6-9H2,1H3,(H,34,39)/t19-/m0/s1. The van der Waals surface area contributed by atoms with E-state index < -0.39 is 0 Å². The minimum atomic E-state index is -0.341. The Hall–Kier alpha value is -4.46. The molecular weight excluding hydrogens is 493 g/mol. The molecule has 2 aromatic carbocycles. The molecule has 0 saturated heterocycles. The lowest BCUT2D eigenvalue weighted by molar-refractivity contribution is -0.120. The number of aromatic nitrogens is 4. The second-order valence-corrected chi connectivity index (χ2v) is 10.2. The zero-order valence-electron chi connectivity index (χ0n) is 21.6. The third-order valence-electron chi connectivity index (χ3n) is 7.21. The van der Waals surface area contributed by atoms with E-state index in [1.807, 2.05) is 43.5 Å². The van der Waals surface area contributed by atoms with Gasteiger partial charge in [0.1, 0.15) is 11.6 Å². The molecule has 0 unspecified atom stereocenters. The third-order valence-corrected chi connectivity index (χ3v) is 7.21. The summed E-state index contributed by atoms with van der Waals surface area (Å²) in [6.07, 6.45) is 7.81. The zero-order chi connectivity index (χ0) is 26.9. The van der Waals surface area contributed by atoms with Crippen LogP contribution in [-0.2, 0) is 11.2 Å². The summed E-state index contributed by atoms with van der Waals surface area (Å²) in [6, 6.07) is 17.2. The van der Waals surface area contributed by atoms with Crippen LogP contribution in [0.5, 0.6) is 0 Å². The number of ketones is 1. The van der Waals surface area contributed by atoms with Crippen LogP contribution in [0.1, 0.15) is 60.4 Å². The van der Waals surface area contributed by atoms with Gasteiger partial charge in [-0.25, -0.2) is 13.9 Å². The van der Waals surface area contributed by atoms with Crippen LogP contribution in [0.15, 0.2) is 73.1 Å². The van der Waals surface area contributed by atoms with Crippen LogP contribution in [0.25, 0.3) is 27.7 Å². The quantitative estimate of drug-likeness (QED) is 0.262. The first kappa shape index (κ1) is 24.9. The predicted octanol–water partition coefficient (Wildman–Crippen LogP) is 5.88. The minimum absolute atomic E-state index is 0.240. The van der Waals surface area contributed by atoms with Crippen molar-refractivity contribution in [2.45, 2.75) is 45.1 Å². The molecule has 1 atom stereocenters. The van der Waals surface area contributed by atoms with Crippen LogP contribution in [0.2, 0.25) is 0 Å². The first-order valence-corrected chi connectivity index (χ1v) is 13.3. The highest BCUT2D eigenvalue weighted by Crippen LogP contribution is 2.31. The Morgan fingerprint density at radius 1 is 1.08 bits per heavy atom. The van der Waals surface area contributed by atoms with Gasteiger partial charge in [0.05, 0.1) is 11.6 Å². The number of carbonyl (C=O) groups excluding carboxylic acids is 2. The van der Waals surface area contributed by atoms with E-state index in [9.17, 15) is 14.0 Å². The summed E-state index contributed by atoms with van der Waals surface area (Å²) < 4.78 is 15.3. The van der Waals surface area contributed by atoms with Crippen molar-refractivity contribution in [3.63, 3.8) is 0 Å². The van der Waals surface area contributed by atoms with Gasteiger partial charge in [0.15, 0.2) is 11.5 Å². The van der Waals surface area contributed by atoms with E-state index in [2.05, 4.69) is 20.4 Å². The van der Waals surface area contributed by atoms with Crippen LogP contribution in [-0.4, -0.2) is 31.3 Å². The number of nitrogens with one attached hydrogen (secondary N) is 1. The van der Waals surface area contributed by atoms with Gasteiger partial charge in [-0.15, -0.1) is 0 Å². The molecular formula is C31H28FN5O2. The summed E-state index contributed by atoms with van der Waals surface area (Å²) in [5, 5.41) is 8.32. The molecule has 39 heavy (non-hydrogen) atoms. The van der Waals surface area contributed by atoms with E-state index in [1.54, 1.807) is 28.9 Å². The zero-order valence-corrected chi connectivity index (χ0v) is 21.6. The Balaban J connectivity index is 1.19. The molecule has 1 saturated carbocycles. The Bertz CT molecular complexity index is 1710. The summed E-state index contributed by atoms with van der Waals surface area (Å²) in [4.78, 5) is 34.1. The van der Waals surface area contributed by atoms with Crippen LogP contribution in [0.4, 0.5) is 4.39 Å². The van der Waals surface area contributed by atoms with Crippen molar-refractivity contribution in [2.24, 2.45) is 5.92 Å². The molecule has 0 spiro atoms. The summed E-state index contributed by atoms with van der Waals surface area (Å²) in [6.45, 7) is 1.83. The van der Waals surface area contributed by atoms with E-state index in [0.29, 0.717) is 35.7 Å². The van der Waals surface area contributed by atoms with E-state index in [-0.39, 0.29) is 17.8 Å². The lowest BCUT2D eigenvalue weighted by Crippen LogP contribution is -2.26. The van der Waals surface area contributed by atoms with Crippen molar-refractivity contribution in [3.05, 3.63) is 95.8 Å². The Morgan fingerprint density at radius 2 is 1.95 bits per heavy atom. The predicted molar refractivity (Wildman–Crippen MR) is 147 cm³/mol. The molecule has 196 valence electrons. The third kappa shape index (κ3) is 5.55. The molecule has 1 N–H and O–H groups in total. The first-order valence-electron chi connectivity index (χ1n) is 13.3. The average Bonchev–Trinajstić information content (AvgIpc) is 3.72. The topological polar surface area (TPSA) is 89.3 Å². The fourth-order valence-corrected chi connectivity index (χ4v) is 4.81. The number of amides is 1. The molecule has 1 aliphatic rings. The number of pyridine rings is 2. The van der Waals surface area contributed by atoms with Gasteiger partial charge in [-0.2, -0.15) is 5.10 Å². The molecule has 1 amide bonds. The lowest BCUT2D eigenvalue weighted by Gasteiger charge is -2.15. The Kier molecular flexibility index (Phi) is 6.60. The second-order valence-electron chi connectivity index (χ2n) is 10.2. The highest BCUT2D eigenvalue weighted by atomic mass is 19.1. The van der Waals surface area contributed by atoms with E-state index in [4.69, 9.17) is 0 Å². The molecule has 3 aromatic heterocycles. The number of nitrogens with zero attached hydrogens (tertiary/aromatic N) is 4.